The van der Waals surface area contributed by atoms with Crippen molar-refractivity contribution in [3.05, 3.63) is 32.8 Å². The minimum Gasteiger partial charge on any atom is -0.293 e. The second-order valence-electron chi connectivity index (χ2n) is 2.87. The van der Waals surface area contributed by atoms with Crippen LogP contribution in [0.25, 0.3) is 0 Å². The molecule has 7 heteroatoms. The number of carbonyl (C=O) groups is 1. The smallest absolute Gasteiger partial charge is 0.293 e. The quantitative estimate of drug-likeness (QED) is 0.537. The van der Waals surface area contributed by atoms with E-state index < -0.39 is 23.1 Å². The van der Waals surface area contributed by atoms with E-state index in [0.29, 0.717) is 0 Å². The molecule has 0 aromatic heterocycles. The van der Waals surface area contributed by atoms with Crippen LogP contribution in [0.3, 0.4) is 0 Å². The number of Topliss-reactive ketones (excluding diaryl/α,β-unsaturated/α-hetero) is 1. The first-order valence-electron chi connectivity index (χ1n) is 3.92. The topological polar surface area (TPSA) is 17.1 Å². The summed E-state index contributed by atoms with van der Waals surface area (Å²) in [5.74, 6) is -0.665. The number of carbonyl (C=O) groups excluding carboxylic acids is 1. The molecule has 1 aromatic carbocycles. The fraction of sp³-hybridized carbons (Fsp3) is 0.222. The van der Waals surface area contributed by atoms with Crippen LogP contribution in [0.4, 0.5) is 13.2 Å². The lowest BCUT2D eigenvalue weighted by atomic mass is 10.0. The summed E-state index contributed by atoms with van der Waals surface area (Å²) in [5, 5.41) is -0.120. The van der Waals surface area contributed by atoms with Crippen molar-refractivity contribution in [1.82, 2.24) is 0 Å². The number of ketones is 1. The minimum atomic E-state index is -4.58. The number of halogens is 6. The van der Waals surface area contributed by atoms with Gasteiger partial charge in [0, 0.05) is 10.0 Å². The van der Waals surface area contributed by atoms with E-state index in [1.165, 1.54) is 0 Å². The largest absolute Gasteiger partial charge is 0.417 e. The maximum absolute atomic E-state index is 12.6. The van der Waals surface area contributed by atoms with E-state index in [4.69, 9.17) is 11.6 Å². The van der Waals surface area contributed by atoms with Crippen molar-refractivity contribution in [3.8, 4) is 0 Å². The van der Waals surface area contributed by atoms with Crippen LogP contribution in [0.5, 0.6) is 0 Å². The predicted octanol–water partition coefficient (Wildman–Crippen LogP) is 4.70. The molecule has 0 atom stereocenters. The van der Waals surface area contributed by atoms with Gasteiger partial charge in [-0.15, -0.1) is 0 Å². The third-order valence-electron chi connectivity index (χ3n) is 1.79. The third-order valence-corrected chi connectivity index (χ3v) is 3.49. The molecule has 0 unspecified atom stereocenters. The molecule has 88 valence electrons. The van der Waals surface area contributed by atoms with Gasteiger partial charge in [-0.05, 0) is 28.1 Å². The van der Waals surface area contributed by atoms with Gasteiger partial charge in [-0.3, -0.25) is 4.79 Å². The van der Waals surface area contributed by atoms with E-state index in [1.54, 1.807) is 0 Å². The molecule has 1 nitrogen and oxygen atoms in total. The Hall–Kier alpha value is -0.0700. The summed E-state index contributed by atoms with van der Waals surface area (Å²) in [6.07, 6.45) is -4.58. The summed E-state index contributed by atoms with van der Waals surface area (Å²) < 4.78 is 38.0. The molecule has 0 amide bonds. The average molecular weight is 380 g/mol. The van der Waals surface area contributed by atoms with Crippen LogP contribution in [0.1, 0.15) is 15.9 Å². The van der Waals surface area contributed by atoms with Crippen molar-refractivity contribution in [2.24, 2.45) is 0 Å². The number of hydrogen-bond donors (Lipinski definition) is 0. The Balaban J connectivity index is 3.45. The van der Waals surface area contributed by atoms with E-state index in [2.05, 4.69) is 31.9 Å². The Morgan fingerprint density at radius 1 is 1.38 bits per heavy atom. The molecular formula is C9H4Br2ClF3O. The molecule has 0 spiro atoms. The van der Waals surface area contributed by atoms with Crippen molar-refractivity contribution in [2.75, 3.05) is 5.33 Å². The third kappa shape index (κ3) is 2.99. The van der Waals surface area contributed by atoms with Gasteiger partial charge in [-0.1, -0.05) is 27.5 Å². The highest BCUT2D eigenvalue weighted by molar-refractivity contribution is 9.10. The van der Waals surface area contributed by atoms with Crippen LogP contribution in [0.15, 0.2) is 16.6 Å². The molecule has 0 saturated carbocycles. The predicted molar refractivity (Wildman–Crippen MR) is 62.3 cm³/mol. The van der Waals surface area contributed by atoms with Gasteiger partial charge in [0.2, 0.25) is 0 Å². The van der Waals surface area contributed by atoms with Gasteiger partial charge in [0.05, 0.1) is 15.9 Å². The maximum Gasteiger partial charge on any atom is 0.417 e. The molecule has 0 saturated heterocycles. The van der Waals surface area contributed by atoms with Gasteiger partial charge in [0.1, 0.15) is 0 Å². The van der Waals surface area contributed by atoms with E-state index >= 15 is 0 Å². The van der Waals surface area contributed by atoms with Crippen LogP contribution in [0, 0.1) is 0 Å². The minimum absolute atomic E-state index is 0.0669. The van der Waals surface area contributed by atoms with Gasteiger partial charge in [-0.2, -0.15) is 13.2 Å². The molecule has 0 aliphatic carbocycles. The first-order chi connectivity index (χ1) is 7.27. The highest BCUT2D eigenvalue weighted by Gasteiger charge is 2.35. The molecule has 0 bridgehead atoms. The van der Waals surface area contributed by atoms with E-state index in [-0.39, 0.29) is 14.8 Å². The number of benzene rings is 1. The second-order valence-corrected chi connectivity index (χ2v) is 4.69. The Morgan fingerprint density at radius 3 is 2.38 bits per heavy atom. The molecule has 0 aliphatic rings. The zero-order valence-corrected chi connectivity index (χ0v) is 11.5. The molecule has 1 rings (SSSR count). The maximum atomic E-state index is 12.6. The highest BCUT2D eigenvalue weighted by Crippen LogP contribution is 2.37. The number of hydrogen-bond acceptors (Lipinski definition) is 1. The van der Waals surface area contributed by atoms with Crippen LogP contribution in [0.2, 0.25) is 5.02 Å². The fourth-order valence-electron chi connectivity index (χ4n) is 1.08. The van der Waals surface area contributed by atoms with Crippen molar-refractivity contribution in [2.45, 2.75) is 6.18 Å². The van der Waals surface area contributed by atoms with Gasteiger partial charge in [-0.25, -0.2) is 0 Å². The van der Waals surface area contributed by atoms with Gasteiger partial charge < -0.3 is 0 Å². The van der Waals surface area contributed by atoms with Gasteiger partial charge in [0.25, 0.3) is 0 Å². The van der Waals surface area contributed by atoms with Crippen LogP contribution >= 0.6 is 43.5 Å². The summed E-state index contributed by atoms with van der Waals surface area (Å²) in [7, 11) is 0. The molecule has 1 aromatic rings. The van der Waals surface area contributed by atoms with E-state index in [0.717, 1.165) is 12.1 Å². The van der Waals surface area contributed by atoms with Crippen molar-refractivity contribution in [3.63, 3.8) is 0 Å². The molecule has 16 heavy (non-hydrogen) atoms. The Bertz CT molecular complexity index is 431. The molecular weight excluding hydrogens is 376 g/mol. The summed E-state index contributed by atoms with van der Waals surface area (Å²) in [6, 6.07) is 1.82. The highest BCUT2D eigenvalue weighted by atomic mass is 79.9. The SMILES string of the molecule is O=C(CBr)c1cc(Cl)c(Br)cc1C(F)(F)F. The Labute approximate surface area is 111 Å². The molecule has 0 N–H and O–H groups in total. The van der Waals surface area contributed by atoms with Gasteiger partial charge >= 0.3 is 6.18 Å². The Kier molecular flexibility index (Phi) is 4.42. The van der Waals surface area contributed by atoms with E-state index in [1.807, 2.05) is 0 Å². The first-order valence-corrected chi connectivity index (χ1v) is 6.22. The Morgan fingerprint density at radius 2 is 1.94 bits per heavy atom. The number of alkyl halides is 4. The lowest BCUT2D eigenvalue weighted by Crippen LogP contribution is -2.14. The normalized spacial score (nSPS) is 11.6. The fourth-order valence-corrected chi connectivity index (χ4v) is 1.89. The zero-order valence-electron chi connectivity index (χ0n) is 7.54. The van der Waals surface area contributed by atoms with E-state index in [9.17, 15) is 18.0 Å². The summed E-state index contributed by atoms with van der Waals surface area (Å²) >= 11 is 11.4. The first kappa shape index (κ1) is 14.0. The van der Waals surface area contributed by atoms with Crippen molar-refractivity contribution >= 4 is 49.2 Å². The number of rotatable bonds is 2. The lowest BCUT2D eigenvalue weighted by Gasteiger charge is -2.12. The second kappa shape index (κ2) is 5.06. The monoisotopic (exact) mass is 378 g/mol. The standard InChI is InChI=1S/C9H4Br2ClF3O/c10-3-8(16)4-1-7(12)6(11)2-5(4)9(13,14)15/h1-2H,3H2. The van der Waals surface area contributed by atoms with Crippen LogP contribution in [-0.2, 0) is 6.18 Å². The van der Waals surface area contributed by atoms with Crippen LogP contribution in [-0.4, -0.2) is 11.1 Å². The van der Waals surface area contributed by atoms with Gasteiger partial charge in [0.15, 0.2) is 5.78 Å². The summed E-state index contributed by atoms with van der Waals surface area (Å²) in [6.45, 7) is 0. The molecule has 0 radical (unpaired) electrons. The average Bonchev–Trinajstić information content (AvgIpc) is 2.18. The molecule has 0 fully saturated rings. The summed E-state index contributed by atoms with van der Waals surface area (Å²) in [5.41, 5.74) is -1.43. The molecule has 0 aliphatic heterocycles. The van der Waals surface area contributed by atoms with Crippen molar-refractivity contribution < 1.29 is 18.0 Å². The van der Waals surface area contributed by atoms with Crippen LogP contribution < -0.4 is 0 Å². The lowest BCUT2D eigenvalue weighted by molar-refractivity contribution is -0.137. The zero-order chi connectivity index (χ0) is 12.5. The summed E-state index contributed by atoms with van der Waals surface area (Å²) in [4.78, 5) is 11.3. The molecule has 0 heterocycles. The van der Waals surface area contributed by atoms with Crippen molar-refractivity contribution in [1.29, 1.82) is 0 Å².